The monoisotopic (exact) mass is 235 g/mol. The summed E-state index contributed by atoms with van der Waals surface area (Å²) < 4.78 is 0. The average Bonchev–Trinajstić information content (AvgIpc) is 2.81. The van der Waals surface area contributed by atoms with E-state index in [4.69, 9.17) is 18.0 Å². The summed E-state index contributed by atoms with van der Waals surface area (Å²) in [5.41, 5.74) is 6.37. The van der Waals surface area contributed by atoms with Gasteiger partial charge in [-0.3, -0.25) is 0 Å². The van der Waals surface area contributed by atoms with Gasteiger partial charge in [-0.1, -0.05) is 25.1 Å². The van der Waals surface area contributed by atoms with Gasteiger partial charge < -0.3 is 10.6 Å². The molecule has 0 aromatic carbocycles. The van der Waals surface area contributed by atoms with E-state index in [1.165, 1.54) is 25.7 Å². The molecule has 1 aliphatic rings. The van der Waals surface area contributed by atoms with Gasteiger partial charge >= 0.3 is 0 Å². The first-order valence-corrected chi connectivity index (χ1v) is 6.08. The van der Waals surface area contributed by atoms with Crippen LogP contribution in [0, 0.1) is 0 Å². The molecule has 86 valence electrons. The molecule has 1 heterocycles. The molecule has 1 aliphatic carbocycles. The zero-order chi connectivity index (χ0) is 11.5. The van der Waals surface area contributed by atoms with E-state index in [2.05, 4.69) is 16.9 Å². The van der Waals surface area contributed by atoms with Gasteiger partial charge in [0.05, 0.1) is 0 Å². The van der Waals surface area contributed by atoms with Crippen molar-refractivity contribution in [2.75, 3.05) is 11.9 Å². The molecule has 1 saturated carbocycles. The Morgan fingerprint density at radius 3 is 2.62 bits per heavy atom. The molecule has 0 unspecified atom stereocenters. The SMILES string of the molecule is CN(c1ccc(C(N)=S)cn1)C1CCCC1. The van der Waals surface area contributed by atoms with Crippen LogP contribution < -0.4 is 10.6 Å². The summed E-state index contributed by atoms with van der Waals surface area (Å²) in [6.45, 7) is 0. The van der Waals surface area contributed by atoms with Crippen LogP contribution in [0.3, 0.4) is 0 Å². The van der Waals surface area contributed by atoms with Crippen LogP contribution in [0.1, 0.15) is 31.2 Å². The first-order chi connectivity index (χ1) is 7.68. The van der Waals surface area contributed by atoms with Crippen molar-refractivity contribution in [3.8, 4) is 0 Å². The van der Waals surface area contributed by atoms with E-state index in [1.54, 1.807) is 6.20 Å². The third-order valence-corrected chi connectivity index (χ3v) is 3.50. The summed E-state index contributed by atoms with van der Waals surface area (Å²) in [7, 11) is 2.11. The number of hydrogen-bond acceptors (Lipinski definition) is 3. The van der Waals surface area contributed by atoms with Gasteiger partial charge in [0, 0.05) is 24.8 Å². The lowest BCUT2D eigenvalue weighted by molar-refractivity contribution is 0.646. The van der Waals surface area contributed by atoms with Crippen molar-refractivity contribution >= 4 is 23.0 Å². The summed E-state index contributed by atoms with van der Waals surface area (Å²) in [6, 6.07) is 4.58. The molecule has 0 spiro atoms. The van der Waals surface area contributed by atoms with Crippen LogP contribution in [0.4, 0.5) is 5.82 Å². The number of thiocarbonyl (C=S) groups is 1. The largest absolute Gasteiger partial charge is 0.389 e. The Balaban J connectivity index is 2.11. The van der Waals surface area contributed by atoms with Gasteiger partial charge in [0.15, 0.2) is 0 Å². The van der Waals surface area contributed by atoms with Crippen LogP contribution in [0.2, 0.25) is 0 Å². The Bertz CT molecular complexity index is 368. The highest BCUT2D eigenvalue weighted by Crippen LogP contribution is 2.25. The van der Waals surface area contributed by atoms with Crippen molar-refractivity contribution in [1.82, 2.24) is 4.98 Å². The van der Waals surface area contributed by atoms with Crippen LogP contribution >= 0.6 is 12.2 Å². The number of pyridine rings is 1. The minimum Gasteiger partial charge on any atom is -0.389 e. The summed E-state index contributed by atoms with van der Waals surface area (Å²) in [5, 5.41) is 0. The lowest BCUT2D eigenvalue weighted by Gasteiger charge is -2.25. The first kappa shape index (κ1) is 11.3. The number of aromatic nitrogens is 1. The van der Waals surface area contributed by atoms with Gasteiger partial charge in [-0.2, -0.15) is 0 Å². The zero-order valence-electron chi connectivity index (χ0n) is 9.52. The second-order valence-electron chi connectivity index (χ2n) is 4.32. The third kappa shape index (κ3) is 2.32. The normalized spacial score (nSPS) is 16.3. The Hall–Kier alpha value is -1.16. The smallest absolute Gasteiger partial charge is 0.128 e. The molecule has 16 heavy (non-hydrogen) atoms. The van der Waals surface area contributed by atoms with Crippen molar-refractivity contribution in [2.24, 2.45) is 5.73 Å². The van der Waals surface area contributed by atoms with Gasteiger partial charge in [-0.15, -0.1) is 0 Å². The fourth-order valence-electron chi connectivity index (χ4n) is 2.22. The van der Waals surface area contributed by atoms with Crippen molar-refractivity contribution in [3.63, 3.8) is 0 Å². The Morgan fingerprint density at radius 2 is 2.12 bits per heavy atom. The van der Waals surface area contributed by atoms with E-state index in [0.29, 0.717) is 11.0 Å². The minimum atomic E-state index is 0.405. The molecule has 0 radical (unpaired) electrons. The van der Waals surface area contributed by atoms with E-state index in [9.17, 15) is 0 Å². The van der Waals surface area contributed by atoms with Crippen LogP contribution in [0.25, 0.3) is 0 Å². The van der Waals surface area contributed by atoms with Gasteiger partial charge in [0.1, 0.15) is 10.8 Å². The van der Waals surface area contributed by atoms with Crippen LogP contribution in [-0.2, 0) is 0 Å². The average molecular weight is 235 g/mol. The molecule has 0 amide bonds. The van der Waals surface area contributed by atoms with Crippen LogP contribution in [-0.4, -0.2) is 23.1 Å². The lowest BCUT2D eigenvalue weighted by Crippen LogP contribution is -2.29. The topological polar surface area (TPSA) is 42.1 Å². The van der Waals surface area contributed by atoms with Crippen LogP contribution in [0.15, 0.2) is 18.3 Å². The van der Waals surface area contributed by atoms with Crippen molar-refractivity contribution in [2.45, 2.75) is 31.7 Å². The van der Waals surface area contributed by atoms with Crippen molar-refractivity contribution < 1.29 is 0 Å². The highest BCUT2D eigenvalue weighted by Gasteiger charge is 2.20. The Kier molecular flexibility index (Phi) is 3.39. The lowest BCUT2D eigenvalue weighted by atomic mass is 10.2. The zero-order valence-corrected chi connectivity index (χ0v) is 10.3. The highest BCUT2D eigenvalue weighted by atomic mass is 32.1. The molecule has 1 fully saturated rings. The van der Waals surface area contributed by atoms with Gasteiger partial charge in [-0.25, -0.2) is 4.98 Å². The van der Waals surface area contributed by atoms with Gasteiger partial charge in [0.25, 0.3) is 0 Å². The molecular formula is C12H17N3S. The van der Waals surface area contributed by atoms with E-state index < -0.39 is 0 Å². The molecule has 1 aromatic heterocycles. The molecule has 4 heteroatoms. The van der Waals surface area contributed by atoms with Crippen molar-refractivity contribution in [3.05, 3.63) is 23.9 Å². The highest BCUT2D eigenvalue weighted by molar-refractivity contribution is 7.80. The molecule has 0 saturated heterocycles. The fraction of sp³-hybridized carbons (Fsp3) is 0.500. The predicted octanol–water partition coefficient (Wildman–Crippen LogP) is 2.09. The Labute approximate surface area is 102 Å². The molecule has 3 nitrogen and oxygen atoms in total. The van der Waals surface area contributed by atoms with E-state index in [1.807, 2.05) is 12.1 Å². The molecule has 0 bridgehead atoms. The second kappa shape index (κ2) is 4.78. The number of rotatable bonds is 3. The van der Waals surface area contributed by atoms with Crippen molar-refractivity contribution in [1.29, 1.82) is 0 Å². The summed E-state index contributed by atoms with van der Waals surface area (Å²) in [5.74, 6) is 1.01. The van der Waals surface area contributed by atoms with Crippen LogP contribution in [0.5, 0.6) is 0 Å². The van der Waals surface area contributed by atoms with Gasteiger partial charge in [-0.05, 0) is 25.0 Å². The van der Waals surface area contributed by atoms with E-state index in [0.717, 1.165) is 11.4 Å². The molecule has 1 aromatic rings. The quantitative estimate of drug-likeness (QED) is 0.815. The molecular weight excluding hydrogens is 218 g/mol. The van der Waals surface area contributed by atoms with Gasteiger partial charge in [0.2, 0.25) is 0 Å². The number of nitrogens with zero attached hydrogens (tertiary/aromatic N) is 2. The van der Waals surface area contributed by atoms with E-state index in [-0.39, 0.29) is 0 Å². The van der Waals surface area contributed by atoms with E-state index >= 15 is 0 Å². The Morgan fingerprint density at radius 1 is 1.44 bits per heavy atom. The fourth-order valence-corrected chi connectivity index (χ4v) is 2.34. The number of hydrogen-bond donors (Lipinski definition) is 1. The predicted molar refractivity (Wildman–Crippen MR) is 70.8 cm³/mol. The minimum absolute atomic E-state index is 0.405. The molecule has 0 atom stereocenters. The molecule has 0 aliphatic heterocycles. The standard InChI is InChI=1S/C12H17N3S/c1-15(10-4-2-3-5-10)11-7-6-9(8-14-11)12(13)16/h6-8,10H,2-5H2,1H3,(H2,13,16). The maximum Gasteiger partial charge on any atom is 0.128 e. The maximum absolute atomic E-state index is 5.54. The maximum atomic E-state index is 5.54. The summed E-state index contributed by atoms with van der Waals surface area (Å²) in [6.07, 6.45) is 6.97. The summed E-state index contributed by atoms with van der Waals surface area (Å²) in [4.78, 5) is 7.07. The third-order valence-electron chi connectivity index (χ3n) is 3.27. The number of nitrogens with two attached hydrogens (primary N) is 1. The number of anilines is 1. The first-order valence-electron chi connectivity index (χ1n) is 5.67. The molecule has 2 rings (SSSR count). The molecule has 2 N–H and O–H groups in total. The second-order valence-corrected chi connectivity index (χ2v) is 4.76. The summed E-state index contributed by atoms with van der Waals surface area (Å²) >= 11 is 4.90.